The summed E-state index contributed by atoms with van der Waals surface area (Å²) in [7, 11) is 0.889. The van der Waals surface area contributed by atoms with Crippen molar-refractivity contribution < 1.29 is 9.72 Å². The van der Waals surface area contributed by atoms with Gasteiger partial charge in [-0.05, 0) is 11.6 Å². The van der Waals surface area contributed by atoms with Crippen LogP contribution in [0.5, 0.6) is 0 Å². The Hall–Kier alpha value is -2.75. The zero-order valence-electron chi connectivity index (χ0n) is 11.1. The van der Waals surface area contributed by atoms with Gasteiger partial charge in [-0.3, -0.25) is 14.9 Å². The van der Waals surface area contributed by atoms with Crippen LogP contribution in [-0.2, 0) is 0 Å². The van der Waals surface area contributed by atoms with Gasteiger partial charge in [0, 0.05) is 10.5 Å². The molecule has 0 spiro atoms. The van der Waals surface area contributed by atoms with E-state index >= 15 is 0 Å². The summed E-state index contributed by atoms with van der Waals surface area (Å²) in [5.74, 6) is 0.0319. The van der Waals surface area contributed by atoms with Gasteiger partial charge in [-0.15, -0.1) is 0 Å². The smallest absolute Gasteiger partial charge is 0.194 e. The molecular formula is C16H15NO3. The van der Waals surface area contributed by atoms with Gasteiger partial charge in [0.05, 0.1) is 0 Å². The van der Waals surface area contributed by atoms with Crippen LogP contribution in [0.25, 0.3) is 6.08 Å². The van der Waals surface area contributed by atoms with E-state index in [0.29, 0.717) is 0 Å². The van der Waals surface area contributed by atoms with Gasteiger partial charge in [0.1, 0.15) is 0 Å². The van der Waals surface area contributed by atoms with Gasteiger partial charge in [-0.2, -0.15) is 0 Å². The fraction of sp³-hybridized carbons (Fsp3) is 0.0625. The first-order chi connectivity index (χ1) is 9.59. The molecule has 0 aliphatic rings. The highest BCUT2D eigenvalue weighted by Gasteiger charge is 1.98. The lowest BCUT2D eigenvalue weighted by molar-refractivity contribution is -0.445. The molecule has 0 radical (unpaired) electrons. The van der Waals surface area contributed by atoms with E-state index in [1.165, 1.54) is 0 Å². The van der Waals surface area contributed by atoms with Crippen LogP contribution in [0.15, 0.2) is 66.7 Å². The molecule has 2 rings (SSSR count). The number of hydrogen-bond donors (Lipinski definition) is 0. The molecule has 0 aliphatic heterocycles. The third-order valence-electron chi connectivity index (χ3n) is 2.29. The maximum absolute atomic E-state index is 11.7. The maximum atomic E-state index is 11.7. The Bertz CT molecular complexity index is 573. The molecule has 0 amide bonds. The molecule has 0 unspecified atom stereocenters. The minimum atomic E-state index is -0.500. The monoisotopic (exact) mass is 269 g/mol. The highest BCUT2D eigenvalue weighted by atomic mass is 16.6. The lowest BCUT2D eigenvalue weighted by Gasteiger charge is -1.94. The second-order valence-electron chi connectivity index (χ2n) is 3.91. The van der Waals surface area contributed by atoms with E-state index in [2.05, 4.69) is 0 Å². The van der Waals surface area contributed by atoms with Crippen LogP contribution in [0.1, 0.15) is 15.9 Å². The van der Waals surface area contributed by atoms with Crippen LogP contribution in [0.3, 0.4) is 0 Å². The van der Waals surface area contributed by atoms with Gasteiger partial charge in [-0.25, -0.2) is 0 Å². The molecule has 0 aromatic heterocycles. The van der Waals surface area contributed by atoms with E-state index in [4.69, 9.17) is 10.1 Å². The number of hydrogen-bond acceptors (Lipinski definition) is 3. The van der Waals surface area contributed by atoms with Gasteiger partial charge in [0.2, 0.25) is 0 Å². The summed E-state index contributed by atoms with van der Waals surface area (Å²) in [5.41, 5.74) is 1.75. The van der Waals surface area contributed by atoms with E-state index in [0.717, 1.165) is 18.2 Å². The molecule has 4 nitrogen and oxygen atoms in total. The summed E-state index contributed by atoms with van der Waals surface area (Å²) in [5, 5.41) is 8.81. The molecule has 2 aromatic carbocycles. The quantitative estimate of drug-likeness (QED) is 0.371. The molecule has 0 saturated heterocycles. The lowest BCUT2D eigenvalue weighted by atomic mass is 10.1. The van der Waals surface area contributed by atoms with Crippen molar-refractivity contribution in [3.8, 4) is 0 Å². The summed E-state index contributed by atoms with van der Waals surface area (Å²) in [6, 6.07) is 19.1. The van der Waals surface area contributed by atoms with Crippen LogP contribution in [0.2, 0.25) is 0 Å². The molecule has 102 valence electrons. The Kier molecular flexibility index (Phi) is 6.41. The number of nitro groups is 1. The van der Waals surface area contributed by atoms with Crippen molar-refractivity contribution >= 4 is 11.9 Å². The lowest BCUT2D eigenvalue weighted by Crippen LogP contribution is -1.92. The fourth-order valence-corrected chi connectivity index (χ4v) is 1.43. The van der Waals surface area contributed by atoms with Crippen molar-refractivity contribution in [2.45, 2.75) is 0 Å². The van der Waals surface area contributed by atoms with Crippen LogP contribution < -0.4 is 0 Å². The number of rotatable bonds is 3. The first-order valence-corrected chi connectivity index (χ1v) is 6.00. The Morgan fingerprint density at radius 1 is 1.00 bits per heavy atom. The highest BCUT2D eigenvalue weighted by molar-refractivity contribution is 6.06. The molecule has 0 heterocycles. The Balaban J connectivity index is 0.000000444. The standard InChI is InChI=1S/C15H12O.CH3NO2/c16-15(14-9-5-2-6-10-14)12-11-13-7-3-1-4-8-13;1-2(3)4/h1-12H;1H3/b12-11+;. The molecule has 0 bridgehead atoms. The van der Waals surface area contributed by atoms with Crippen LogP contribution in [0, 0.1) is 10.1 Å². The van der Waals surface area contributed by atoms with Crippen molar-refractivity contribution in [3.63, 3.8) is 0 Å². The maximum Gasteiger partial charge on any atom is 0.194 e. The predicted octanol–water partition coefficient (Wildman–Crippen LogP) is 3.48. The van der Waals surface area contributed by atoms with Crippen LogP contribution in [-0.4, -0.2) is 17.8 Å². The van der Waals surface area contributed by atoms with Crippen molar-refractivity contribution in [2.75, 3.05) is 7.05 Å². The van der Waals surface area contributed by atoms with Gasteiger partial charge in [0.15, 0.2) is 12.8 Å². The number of ketones is 1. The minimum absolute atomic E-state index is 0.0319. The Labute approximate surface area is 117 Å². The molecular weight excluding hydrogens is 254 g/mol. The molecule has 4 heteroatoms. The largest absolute Gasteiger partial charge is 0.289 e. The average molecular weight is 269 g/mol. The van der Waals surface area contributed by atoms with Gasteiger partial charge >= 0.3 is 0 Å². The van der Waals surface area contributed by atoms with E-state index in [1.807, 2.05) is 66.7 Å². The Morgan fingerprint density at radius 3 is 1.95 bits per heavy atom. The zero-order chi connectivity index (χ0) is 14.8. The summed E-state index contributed by atoms with van der Waals surface area (Å²) in [6.45, 7) is 0. The fourth-order valence-electron chi connectivity index (χ4n) is 1.43. The molecule has 2 aromatic rings. The van der Waals surface area contributed by atoms with Gasteiger partial charge < -0.3 is 0 Å². The normalized spacial score (nSPS) is 9.65. The van der Waals surface area contributed by atoms with Gasteiger partial charge in [0.25, 0.3) is 0 Å². The second kappa shape index (κ2) is 8.37. The summed E-state index contributed by atoms with van der Waals surface area (Å²) >= 11 is 0. The molecule has 0 fully saturated rings. The minimum Gasteiger partial charge on any atom is -0.289 e. The first kappa shape index (κ1) is 15.3. The average Bonchev–Trinajstić information content (AvgIpc) is 2.46. The SMILES string of the molecule is C[N+](=O)[O-].O=C(/C=C/c1ccccc1)c1ccccc1. The van der Waals surface area contributed by atoms with Crippen molar-refractivity contribution in [1.29, 1.82) is 0 Å². The topological polar surface area (TPSA) is 60.2 Å². The highest BCUT2D eigenvalue weighted by Crippen LogP contribution is 2.05. The number of benzene rings is 2. The van der Waals surface area contributed by atoms with E-state index in [1.54, 1.807) is 6.08 Å². The molecule has 0 atom stereocenters. The van der Waals surface area contributed by atoms with Crippen molar-refractivity contribution in [1.82, 2.24) is 0 Å². The van der Waals surface area contributed by atoms with Crippen molar-refractivity contribution in [3.05, 3.63) is 88.0 Å². The molecule has 0 aliphatic carbocycles. The third-order valence-corrected chi connectivity index (χ3v) is 2.29. The summed E-state index contributed by atoms with van der Waals surface area (Å²) < 4.78 is 0. The van der Waals surface area contributed by atoms with E-state index in [9.17, 15) is 4.79 Å². The number of carbonyl (C=O) groups is 1. The van der Waals surface area contributed by atoms with Crippen LogP contribution in [0.4, 0.5) is 0 Å². The van der Waals surface area contributed by atoms with Gasteiger partial charge in [-0.1, -0.05) is 66.7 Å². The number of nitrogens with zero attached hydrogens (tertiary/aromatic N) is 1. The third kappa shape index (κ3) is 6.26. The molecule has 0 saturated carbocycles. The van der Waals surface area contributed by atoms with E-state index < -0.39 is 4.92 Å². The second-order valence-corrected chi connectivity index (χ2v) is 3.91. The number of allylic oxidation sites excluding steroid dienone is 1. The molecule has 20 heavy (non-hydrogen) atoms. The summed E-state index contributed by atoms with van der Waals surface area (Å²) in [4.78, 5) is 20.0. The summed E-state index contributed by atoms with van der Waals surface area (Å²) in [6.07, 6.45) is 3.43. The predicted molar refractivity (Wildman–Crippen MR) is 79.2 cm³/mol. The molecule has 0 N–H and O–H groups in total. The van der Waals surface area contributed by atoms with Crippen LogP contribution >= 0.6 is 0 Å². The Morgan fingerprint density at radius 2 is 1.45 bits per heavy atom. The number of carbonyl (C=O) groups excluding carboxylic acids is 1. The first-order valence-electron chi connectivity index (χ1n) is 6.00. The zero-order valence-corrected chi connectivity index (χ0v) is 11.1. The van der Waals surface area contributed by atoms with E-state index in [-0.39, 0.29) is 5.78 Å². The van der Waals surface area contributed by atoms with Crippen molar-refractivity contribution in [2.24, 2.45) is 0 Å².